The summed E-state index contributed by atoms with van der Waals surface area (Å²) < 4.78 is 3.91. The highest BCUT2D eigenvalue weighted by atomic mass is 79.9. The lowest BCUT2D eigenvalue weighted by Gasteiger charge is -2.00. The third kappa shape index (κ3) is 2.76. The molecule has 1 heterocycles. The molecule has 3 nitrogen and oxygen atoms in total. The van der Waals surface area contributed by atoms with Gasteiger partial charge in [-0.2, -0.15) is 4.57 Å². The van der Waals surface area contributed by atoms with Gasteiger partial charge in [0.1, 0.15) is 0 Å². The first-order valence-electron chi connectivity index (χ1n) is 6.71. The summed E-state index contributed by atoms with van der Waals surface area (Å²) in [5, 5.41) is 0. The maximum atomic E-state index is 12.0. The number of aryl methyl sites for hydroxylation is 1. The second-order valence-electron chi connectivity index (χ2n) is 4.98. The van der Waals surface area contributed by atoms with Crippen LogP contribution in [-0.4, -0.2) is 10.5 Å². The van der Waals surface area contributed by atoms with Gasteiger partial charge in [0.2, 0.25) is 0 Å². The van der Waals surface area contributed by atoms with E-state index in [1.807, 2.05) is 54.1 Å². The number of benzene rings is 2. The first kappa shape index (κ1) is 15.4. The lowest BCUT2D eigenvalue weighted by atomic mass is 10.1. The second kappa shape index (κ2) is 6.22. The number of imidazole rings is 1. The molecule has 0 fully saturated rings. The number of halogens is 1. The third-order valence-electron chi connectivity index (χ3n) is 3.65. The molecule has 0 aliphatic rings. The summed E-state index contributed by atoms with van der Waals surface area (Å²) in [7, 11) is 2.01. The van der Waals surface area contributed by atoms with Gasteiger partial charge in [0.25, 0.3) is 5.82 Å². The summed E-state index contributed by atoms with van der Waals surface area (Å²) in [6.07, 6.45) is 0.742. The molecule has 2 aromatic carbocycles. The van der Waals surface area contributed by atoms with Crippen molar-refractivity contribution in [1.29, 1.82) is 0 Å². The smallest absolute Gasteiger partial charge is 0.311 e. The monoisotopic (exact) mass is 344 g/mol. The predicted octanol–water partition coefficient (Wildman–Crippen LogP) is -0.279. The molecule has 0 amide bonds. The fraction of sp³-hybridized carbons (Fsp3) is 0.176. The van der Waals surface area contributed by atoms with Crippen molar-refractivity contribution in [3.05, 3.63) is 66.0 Å². The van der Waals surface area contributed by atoms with Crippen LogP contribution in [0.25, 0.3) is 11.0 Å². The van der Waals surface area contributed by atoms with Crippen LogP contribution in [0, 0.1) is 0 Å². The Bertz CT molecular complexity index is 778. The highest BCUT2D eigenvalue weighted by molar-refractivity contribution is 5.88. The van der Waals surface area contributed by atoms with Crippen LogP contribution in [0.15, 0.2) is 54.6 Å². The largest absolute Gasteiger partial charge is 1.00 e. The van der Waals surface area contributed by atoms with E-state index in [2.05, 4.69) is 16.7 Å². The van der Waals surface area contributed by atoms with E-state index in [0.717, 1.165) is 23.3 Å². The van der Waals surface area contributed by atoms with Gasteiger partial charge >= 0.3 is 5.91 Å². The zero-order valence-electron chi connectivity index (χ0n) is 12.1. The minimum absolute atomic E-state index is 0. The van der Waals surface area contributed by atoms with Gasteiger partial charge in [0, 0.05) is 6.92 Å². The molecule has 3 rings (SSSR count). The first-order chi connectivity index (χ1) is 9.68. The summed E-state index contributed by atoms with van der Waals surface area (Å²) in [6, 6.07) is 18.2. The van der Waals surface area contributed by atoms with E-state index in [1.165, 1.54) is 5.56 Å². The van der Waals surface area contributed by atoms with E-state index in [0.29, 0.717) is 0 Å². The van der Waals surface area contributed by atoms with Gasteiger partial charge in [-0.25, -0.2) is 9.36 Å². The lowest BCUT2D eigenvalue weighted by molar-refractivity contribution is -0.653. The highest BCUT2D eigenvalue weighted by Crippen LogP contribution is 2.16. The number of para-hydroxylation sites is 2. The molecule has 0 radical (unpaired) electrons. The molecule has 0 aliphatic carbocycles. The Balaban J connectivity index is 0.00000161. The number of hydrogen-bond donors (Lipinski definition) is 0. The standard InChI is InChI=1S/C17H17N2O.BrH/c1-13(20)19-16-11-7-6-10-15(16)18(2)17(19)12-14-8-4-3-5-9-14;/h3-11H,12H2,1-2H3;1H/q+1;/p-1. The molecular formula is C17H17BrN2O. The van der Waals surface area contributed by atoms with Gasteiger partial charge in [-0.15, -0.1) is 0 Å². The normalized spacial score (nSPS) is 10.4. The van der Waals surface area contributed by atoms with Gasteiger partial charge in [0.05, 0.1) is 13.5 Å². The molecule has 0 unspecified atom stereocenters. The van der Waals surface area contributed by atoms with Gasteiger partial charge in [-0.3, -0.25) is 0 Å². The molecule has 1 aromatic heterocycles. The zero-order valence-corrected chi connectivity index (χ0v) is 13.7. The molecule has 0 bridgehead atoms. The number of hydrogen-bond acceptors (Lipinski definition) is 1. The summed E-state index contributed by atoms with van der Waals surface area (Å²) in [4.78, 5) is 12.0. The number of rotatable bonds is 2. The Labute approximate surface area is 134 Å². The van der Waals surface area contributed by atoms with Crippen LogP contribution in [0.3, 0.4) is 0 Å². The van der Waals surface area contributed by atoms with Crippen LogP contribution in [0.2, 0.25) is 0 Å². The summed E-state index contributed by atoms with van der Waals surface area (Å²) in [6.45, 7) is 1.61. The topological polar surface area (TPSA) is 25.9 Å². The number of carbonyl (C=O) groups is 1. The third-order valence-corrected chi connectivity index (χ3v) is 3.65. The van der Waals surface area contributed by atoms with Gasteiger partial charge in [0.15, 0.2) is 11.0 Å². The molecule has 0 atom stereocenters. The lowest BCUT2D eigenvalue weighted by Crippen LogP contribution is -3.00. The van der Waals surface area contributed by atoms with Crippen molar-refractivity contribution in [2.45, 2.75) is 13.3 Å². The Morgan fingerprint density at radius 3 is 2.33 bits per heavy atom. The molecule has 0 spiro atoms. The number of aromatic nitrogens is 2. The minimum Gasteiger partial charge on any atom is -1.00 e. The maximum Gasteiger partial charge on any atom is 0.311 e. The Morgan fingerprint density at radius 2 is 1.67 bits per heavy atom. The van der Waals surface area contributed by atoms with Crippen LogP contribution in [0.5, 0.6) is 0 Å². The van der Waals surface area contributed by atoms with Crippen LogP contribution < -0.4 is 21.5 Å². The van der Waals surface area contributed by atoms with Crippen molar-refractivity contribution >= 4 is 16.9 Å². The van der Waals surface area contributed by atoms with Crippen LogP contribution in [0.1, 0.15) is 23.1 Å². The summed E-state index contributed by atoms with van der Waals surface area (Å²) >= 11 is 0. The maximum absolute atomic E-state index is 12.0. The van der Waals surface area contributed by atoms with Crippen molar-refractivity contribution in [2.75, 3.05) is 0 Å². The first-order valence-corrected chi connectivity index (χ1v) is 6.71. The zero-order chi connectivity index (χ0) is 14.1. The van der Waals surface area contributed by atoms with Crippen molar-refractivity contribution in [3.63, 3.8) is 0 Å². The van der Waals surface area contributed by atoms with E-state index in [1.54, 1.807) is 6.92 Å². The molecule has 0 saturated heterocycles. The van der Waals surface area contributed by atoms with E-state index >= 15 is 0 Å². The molecule has 108 valence electrons. The van der Waals surface area contributed by atoms with Crippen LogP contribution in [-0.2, 0) is 13.5 Å². The second-order valence-corrected chi connectivity index (χ2v) is 4.98. The van der Waals surface area contributed by atoms with Gasteiger partial charge < -0.3 is 17.0 Å². The van der Waals surface area contributed by atoms with Crippen molar-refractivity contribution in [1.82, 2.24) is 4.57 Å². The van der Waals surface area contributed by atoms with E-state index in [-0.39, 0.29) is 22.9 Å². The molecule has 3 aromatic rings. The highest BCUT2D eigenvalue weighted by Gasteiger charge is 2.25. The van der Waals surface area contributed by atoms with Crippen molar-refractivity contribution in [3.8, 4) is 0 Å². The minimum atomic E-state index is 0. The SMILES string of the molecule is CC(=O)n1c(Cc2ccccc2)[n+](C)c2ccccc21.[Br-]. The summed E-state index contributed by atoms with van der Waals surface area (Å²) in [5.41, 5.74) is 3.25. The molecule has 0 aliphatic heterocycles. The van der Waals surface area contributed by atoms with Crippen LogP contribution >= 0.6 is 0 Å². The molecule has 0 saturated carbocycles. The molecular weight excluding hydrogens is 328 g/mol. The van der Waals surface area contributed by atoms with Crippen LogP contribution in [0.4, 0.5) is 0 Å². The quantitative estimate of drug-likeness (QED) is 0.587. The molecule has 0 N–H and O–H groups in total. The van der Waals surface area contributed by atoms with E-state index in [9.17, 15) is 4.79 Å². The Hall–Kier alpha value is -1.94. The van der Waals surface area contributed by atoms with Crippen molar-refractivity contribution < 1.29 is 26.3 Å². The number of nitrogens with zero attached hydrogens (tertiary/aromatic N) is 2. The fourth-order valence-electron chi connectivity index (χ4n) is 2.69. The van der Waals surface area contributed by atoms with Crippen molar-refractivity contribution in [2.24, 2.45) is 7.05 Å². The number of fused-ring (bicyclic) bond motifs is 1. The molecule has 4 heteroatoms. The molecule has 21 heavy (non-hydrogen) atoms. The Kier molecular flexibility index (Phi) is 4.58. The predicted molar refractivity (Wildman–Crippen MR) is 78.7 cm³/mol. The van der Waals surface area contributed by atoms with Gasteiger partial charge in [-0.1, -0.05) is 42.5 Å². The average Bonchev–Trinajstić information content (AvgIpc) is 2.74. The summed E-state index contributed by atoms with van der Waals surface area (Å²) in [5.74, 6) is 1.05. The van der Waals surface area contributed by atoms with E-state index < -0.39 is 0 Å². The van der Waals surface area contributed by atoms with Gasteiger partial charge in [-0.05, 0) is 17.7 Å². The fourth-order valence-corrected chi connectivity index (χ4v) is 2.69. The average molecular weight is 345 g/mol. The number of carbonyl (C=O) groups excluding carboxylic acids is 1. The Morgan fingerprint density at radius 1 is 1.05 bits per heavy atom. The van der Waals surface area contributed by atoms with E-state index in [4.69, 9.17) is 0 Å².